The van der Waals surface area contributed by atoms with E-state index in [1.807, 2.05) is 0 Å². The monoisotopic (exact) mass is 306 g/mol. The maximum Gasteiger partial charge on any atom is 0.265 e. The number of benzene rings is 1. The van der Waals surface area contributed by atoms with Crippen LogP contribution in [0, 0.1) is 9.39 Å². The minimum Gasteiger partial charge on any atom is -0.206 e. The molecule has 0 fully saturated rings. The minimum atomic E-state index is -2.66. The Kier molecular flexibility index (Phi) is 3.22. The maximum atomic E-state index is 12.7. The molecule has 0 unspecified atom stereocenters. The molecule has 0 saturated carbocycles. The van der Waals surface area contributed by atoms with Crippen molar-refractivity contribution in [2.75, 3.05) is 0 Å². The highest BCUT2D eigenvalue weighted by Gasteiger charge is 2.14. The van der Waals surface area contributed by atoms with Gasteiger partial charge in [0.25, 0.3) is 6.43 Å². The van der Waals surface area contributed by atoms with Gasteiger partial charge in [-0.1, -0.05) is 11.6 Å². The van der Waals surface area contributed by atoms with E-state index in [2.05, 4.69) is 0 Å². The van der Waals surface area contributed by atoms with Crippen LogP contribution in [0.25, 0.3) is 0 Å². The van der Waals surface area contributed by atoms with E-state index in [9.17, 15) is 13.2 Å². The van der Waals surface area contributed by atoms with E-state index in [1.54, 1.807) is 22.6 Å². The summed E-state index contributed by atoms with van der Waals surface area (Å²) in [5.41, 5.74) is -0.331. The van der Waals surface area contributed by atoms with Gasteiger partial charge >= 0.3 is 0 Å². The summed E-state index contributed by atoms with van der Waals surface area (Å²) in [6.45, 7) is 0. The van der Waals surface area contributed by atoms with Gasteiger partial charge in [0.15, 0.2) is 0 Å². The van der Waals surface area contributed by atoms with Gasteiger partial charge in [0.05, 0.1) is 5.02 Å². The van der Waals surface area contributed by atoms with Crippen LogP contribution in [0.2, 0.25) is 5.02 Å². The smallest absolute Gasteiger partial charge is 0.206 e. The first-order valence-electron chi connectivity index (χ1n) is 2.95. The first-order chi connectivity index (χ1) is 5.52. The van der Waals surface area contributed by atoms with Gasteiger partial charge in [-0.05, 0) is 34.7 Å². The fourth-order valence-electron chi connectivity index (χ4n) is 0.705. The molecule has 1 aromatic rings. The van der Waals surface area contributed by atoms with Crippen molar-refractivity contribution in [3.63, 3.8) is 0 Å². The van der Waals surface area contributed by atoms with Gasteiger partial charge in [0, 0.05) is 9.13 Å². The molecule has 0 aliphatic carbocycles. The fourth-order valence-corrected chi connectivity index (χ4v) is 1.43. The molecule has 0 atom stereocenters. The number of halogens is 5. The molecule has 0 saturated heterocycles. The molecule has 0 N–H and O–H groups in total. The lowest BCUT2D eigenvalue weighted by Gasteiger charge is -2.03. The summed E-state index contributed by atoms with van der Waals surface area (Å²) in [6, 6.07) is 1.94. The van der Waals surface area contributed by atoms with Gasteiger partial charge in [-0.2, -0.15) is 0 Å². The molecule has 0 bridgehead atoms. The number of alkyl halides is 2. The highest BCUT2D eigenvalue weighted by Crippen LogP contribution is 2.29. The third kappa shape index (κ3) is 2.04. The van der Waals surface area contributed by atoms with Gasteiger partial charge in [-0.3, -0.25) is 0 Å². The van der Waals surface area contributed by atoms with Crippen LogP contribution in [0.5, 0.6) is 0 Å². The summed E-state index contributed by atoms with van der Waals surface area (Å²) in [5.74, 6) is -0.579. The fraction of sp³-hybridized carbons (Fsp3) is 0.143. The van der Waals surface area contributed by atoms with Crippen molar-refractivity contribution in [2.45, 2.75) is 6.43 Å². The summed E-state index contributed by atoms with van der Waals surface area (Å²) in [5, 5.41) is -0.233. The molecule has 5 heteroatoms. The van der Waals surface area contributed by atoms with Crippen molar-refractivity contribution >= 4 is 34.2 Å². The summed E-state index contributed by atoms with van der Waals surface area (Å²) >= 11 is 7.01. The Morgan fingerprint density at radius 3 is 2.42 bits per heavy atom. The summed E-state index contributed by atoms with van der Waals surface area (Å²) in [6.07, 6.45) is -2.66. The highest BCUT2D eigenvalue weighted by molar-refractivity contribution is 14.1. The third-order valence-corrected chi connectivity index (χ3v) is 2.43. The van der Waals surface area contributed by atoms with E-state index in [4.69, 9.17) is 11.6 Å². The predicted molar refractivity (Wildman–Crippen MR) is 49.1 cm³/mol. The molecule has 0 nitrogen and oxygen atoms in total. The Morgan fingerprint density at radius 1 is 1.33 bits per heavy atom. The average molecular weight is 306 g/mol. The van der Waals surface area contributed by atoms with Crippen molar-refractivity contribution in [3.05, 3.63) is 32.1 Å². The van der Waals surface area contributed by atoms with Gasteiger partial charge in [-0.25, -0.2) is 13.2 Å². The largest absolute Gasteiger partial charge is 0.265 e. The zero-order chi connectivity index (χ0) is 9.30. The van der Waals surface area contributed by atoms with Crippen LogP contribution in [0.4, 0.5) is 13.2 Å². The molecule has 0 spiro atoms. The second kappa shape index (κ2) is 3.83. The zero-order valence-corrected chi connectivity index (χ0v) is 8.54. The van der Waals surface area contributed by atoms with Crippen LogP contribution in [-0.2, 0) is 0 Å². The van der Waals surface area contributed by atoms with Crippen molar-refractivity contribution in [1.82, 2.24) is 0 Å². The van der Waals surface area contributed by atoms with Crippen LogP contribution in [-0.4, -0.2) is 0 Å². The first kappa shape index (κ1) is 10.1. The Hall–Kier alpha value is 0.0300. The van der Waals surface area contributed by atoms with Gasteiger partial charge < -0.3 is 0 Å². The molecular formula is C7H3ClF3I. The Morgan fingerprint density at radius 2 is 1.92 bits per heavy atom. The molecule has 12 heavy (non-hydrogen) atoms. The minimum absolute atomic E-state index is 0.146. The van der Waals surface area contributed by atoms with Gasteiger partial charge in [0.2, 0.25) is 0 Å². The summed E-state index contributed by atoms with van der Waals surface area (Å²) < 4.78 is 37.1. The van der Waals surface area contributed by atoms with Crippen molar-refractivity contribution < 1.29 is 13.2 Å². The molecule has 1 aromatic carbocycles. The Balaban J connectivity index is 3.23. The van der Waals surface area contributed by atoms with Crippen LogP contribution < -0.4 is 0 Å². The lowest BCUT2D eigenvalue weighted by Crippen LogP contribution is -1.90. The molecule has 0 aromatic heterocycles. The van der Waals surface area contributed by atoms with E-state index in [0.29, 0.717) is 0 Å². The highest BCUT2D eigenvalue weighted by atomic mass is 127. The maximum absolute atomic E-state index is 12.7. The summed E-state index contributed by atoms with van der Waals surface area (Å²) in [4.78, 5) is 0. The van der Waals surface area contributed by atoms with Gasteiger partial charge in [0.1, 0.15) is 5.82 Å². The Bertz CT molecular complexity index is 301. The molecule has 0 amide bonds. The quantitative estimate of drug-likeness (QED) is 0.543. The molecule has 0 aliphatic heterocycles. The molecule has 66 valence electrons. The molecule has 0 heterocycles. The van der Waals surface area contributed by atoms with E-state index in [1.165, 1.54) is 0 Å². The topological polar surface area (TPSA) is 0 Å². The second-order valence-corrected chi connectivity index (χ2v) is 3.66. The van der Waals surface area contributed by atoms with E-state index >= 15 is 0 Å². The lowest BCUT2D eigenvalue weighted by atomic mass is 10.2. The summed E-state index contributed by atoms with van der Waals surface area (Å²) in [7, 11) is 0. The molecular weight excluding hydrogens is 303 g/mol. The standard InChI is InChI=1S/C7H3ClF3I/c8-4-2-5(9)6(12)1-3(4)7(10)11/h1-2,7H. The van der Waals surface area contributed by atoms with Crippen LogP contribution in [0.15, 0.2) is 12.1 Å². The first-order valence-corrected chi connectivity index (χ1v) is 4.40. The number of hydrogen-bond acceptors (Lipinski definition) is 0. The van der Waals surface area contributed by atoms with Crippen LogP contribution in [0.3, 0.4) is 0 Å². The Labute approximate surface area is 85.9 Å². The van der Waals surface area contributed by atoms with E-state index in [0.717, 1.165) is 12.1 Å². The van der Waals surface area contributed by atoms with Crippen molar-refractivity contribution in [1.29, 1.82) is 0 Å². The number of rotatable bonds is 1. The van der Waals surface area contributed by atoms with Gasteiger partial charge in [-0.15, -0.1) is 0 Å². The van der Waals surface area contributed by atoms with E-state index in [-0.39, 0.29) is 14.2 Å². The van der Waals surface area contributed by atoms with Crippen LogP contribution >= 0.6 is 34.2 Å². The SMILES string of the molecule is Fc1cc(Cl)c(C(F)F)cc1I. The molecule has 1 rings (SSSR count). The number of hydrogen-bond donors (Lipinski definition) is 0. The zero-order valence-electron chi connectivity index (χ0n) is 5.62. The van der Waals surface area contributed by atoms with Crippen LogP contribution in [0.1, 0.15) is 12.0 Å². The third-order valence-electron chi connectivity index (χ3n) is 1.27. The van der Waals surface area contributed by atoms with E-state index < -0.39 is 12.2 Å². The molecule has 0 radical (unpaired) electrons. The average Bonchev–Trinajstić information content (AvgIpc) is 1.96. The van der Waals surface area contributed by atoms with Crippen molar-refractivity contribution in [2.24, 2.45) is 0 Å². The predicted octanol–water partition coefficient (Wildman–Crippen LogP) is 4.02. The second-order valence-electron chi connectivity index (χ2n) is 2.09. The molecule has 0 aliphatic rings. The lowest BCUT2D eigenvalue weighted by molar-refractivity contribution is 0.151. The normalized spacial score (nSPS) is 10.8. The van der Waals surface area contributed by atoms with Crippen molar-refractivity contribution in [3.8, 4) is 0 Å².